The van der Waals surface area contributed by atoms with Crippen molar-refractivity contribution in [3.8, 4) is 11.5 Å². The van der Waals surface area contributed by atoms with Gasteiger partial charge in [0.25, 0.3) is 5.91 Å². The van der Waals surface area contributed by atoms with Crippen LogP contribution in [0, 0.1) is 0 Å². The van der Waals surface area contributed by atoms with Gasteiger partial charge >= 0.3 is 0 Å². The van der Waals surface area contributed by atoms with Crippen molar-refractivity contribution in [1.29, 1.82) is 0 Å². The van der Waals surface area contributed by atoms with E-state index in [2.05, 4.69) is 5.32 Å². The Bertz CT molecular complexity index is 351. The van der Waals surface area contributed by atoms with Gasteiger partial charge < -0.3 is 14.8 Å². The van der Waals surface area contributed by atoms with Crippen molar-refractivity contribution in [2.75, 3.05) is 13.7 Å². The van der Waals surface area contributed by atoms with Crippen LogP contribution in [0.5, 0.6) is 11.5 Å². The van der Waals surface area contributed by atoms with Crippen LogP contribution in [0.15, 0.2) is 24.3 Å². The molecule has 74 valence electrons. The Kier molecular flexibility index (Phi) is 2.26. The minimum atomic E-state index is -0.546. The van der Waals surface area contributed by atoms with Gasteiger partial charge in [0, 0.05) is 7.05 Å². The minimum Gasteiger partial charge on any atom is -0.485 e. The zero-order valence-electron chi connectivity index (χ0n) is 7.82. The third kappa shape index (κ3) is 1.51. The van der Waals surface area contributed by atoms with Crippen LogP contribution in [0.3, 0.4) is 0 Å². The Hall–Kier alpha value is -1.71. The molecule has 0 radical (unpaired) electrons. The first-order chi connectivity index (χ1) is 6.81. The van der Waals surface area contributed by atoms with E-state index in [0.29, 0.717) is 11.5 Å². The maximum Gasteiger partial charge on any atom is 0.264 e. The molecule has 0 spiro atoms. The molecule has 1 atom stereocenters. The Balaban J connectivity index is 2.17. The van der Waals surface area contributed by atoms with Crippen molar-refractivity contribution in [2.24, 2.45) is 0 Å². The Morgan fingerprint density at radius 3 is 2.86 bits per heavy atom. The molecule has 1 aromatic rings. The summed E-state index contributed by atoms with van der Waals surface area (Å²) in [5, 5.41) is 2.52. The van der Waals surface area contributed by atoms with Crippen LogP contribution in [-0.4, -0.2) is 25.7 Å². The monoisotopic (exact) mass is 193 g/mol. The highest BCUT2D eigenvalue weighted by molar-refractivity contribution is 5.81. The average Bonchev–Trinajstić information content (AvgIpc) is 2.27. The maximum absolute atomic E-state index is 11.3. The number of likely N-dealkylation sites (N-methyl/N-ethyl adjacent to an activating group) is 1. The average molecular weight is 193 g/mol. The van der Waals surface area contributed by atoms with Gasteiger partial charge in [0.05, 0.1) is 0 Å². The molecule has 1 aliphatic heterocycles. The highest BCUT2D eigenvalue weighted by atomic mass is 16.6. The fourth-order valence-corrected chi connectivity index (χ4v) is 1.31. The number of hydrogen-bond acceptors (Lipinski definition) is 3. The minimum absolute atomic E-state index is 0.167. The predicted molar refractivity (Wildman–Crippen MR) is 50.4 cm³/mol. The van der Waals surface area contributed by atoms with Gasteiger partial charge in [-0.05, 0) is 12.1 Å². The van der Waals surface area contributed by atoms with E-state index < -0.39 is 6.10 Å². The summed E-state index contributed by atoms with van der Waals surface area (Å²) in [7, 11) is 1.58. The van der Waals surface area contributed by atoms with Crippen molar-refractivity contribution in [3.63, 3.8) is 0 Å². The molecule has 1 N–H and O–H groups in total. The molecule has 14 heavy (non-hydrogen) atoms. The molecule has 0 aromatic heterocycles. The molecule has 0 aliphatic carbocycles. The Labute approximate surface area is 81.8 Å². The van der Waals surface area contributed by atoms with Gasteiger partial charge in [-0.3, -0.25) is 4.79 Å². The van der Waals surface area contributed by atoms with Gasteiger partial charge in [-0.25, -0.2) is 0 Å². The topological polar surface area (TPSA) is 47.6 Å². The van der Waals surface area contributed by atoms with E-state index in [1.165, 1.54) is 0 Å². The van der Waals surface area contributed by atoms with Crippen LogP contribution in [0.1, 0.15) is 0 Å². The van der Waals surface area contributed by atoms with Crippen molar-refractivity contribution < 1.29 is 14.3 Å². The number of ether oxygens (including phenoxy) is 2. The maximum atomic E-state index is 11.3. The van der Waals surface area contributed by atoms with E-state index in [1.807, 2.05) is 18.2 Å². The first-order valence-electron chi connectivity index (χ1n) is 4.41. The van der Waals surface area contributed by atoms with E-state index >= 15 is 0 Å². The van der Waals surface area contributed by atoms with E-state index in [0.717, 1.165) is 0 Å². The summed E-state index contributed by atoms with van der Waals surface area (Å²) in [5.41, 5.74) is 0. The number of fused-ring (bicyclic) bond motifs is 1. The molecule has 2 rings (SSSR count). The smallest absolute Gasteiger partial charge is 0.264 e. The van der Waals surface area contributed by atoms with Gasteiger partial charge in [-0.2, -0.15) is 0 Å². The van der Waals surface area contributed by atoms with Crippen LogP contribution in [0.25, 0.3) is 0 Å². The number of rotatable bonds is 1. The summed E-state index contributed by atoms with van der Waals surface area (Å²) in [6, 6.07) is 7.30. The summed E-state index contributed by atoms with van der Waals surface area (Å²) < 4.78 is 10.8. The summed E-state index contributed by atoms with van der Waals surface area (Å²) in [5.74, 6) is 1.14. The molecule has 0 bridgehead atoms. The van der Waals surface area contributed by atoms with E-state index in [4.69, 9.17) is 9.47 Å². The number of benzene rings is 1. The second-order valence-corrected chi connectivity index (χ2v) is 2.98. The number of hydrogen-bond donors (Lipinski definition) is 1. The molecule has 4 heteroatoms. The largest absolute Gasteiger partial charge is 0.485 e. The number of nitrogens with one attached hydrogen (secondary N) is 1. The molecule has 1 aromatic carbocycles. The number of para-hydroxylation sites is 2. The normalized spacial score (nSPS) is 18.8. The molecular formula is C10H11NO3. The van der Waals surface area contributed by atoms with E-state index in [1.54, 1.807) is 13.1 Å². The lowest BCUT2D eigenvalue weighted by molar-refractivity contribution is -0.129. The van der Waals surface area contributed by atoms with E-state index in [9.17, 15) is 4.79 Å². The fraction of sp³-hybridized carbons (Fsp3) is 0.300. The summed E-state index contributed by atoms with van der Waals surface area (Å²) in [6.45, 7) is 0.261. The van der Waals surface area contributed by atoms with Crippen molar-refractivity contribution in [3.05, 3.63) is 24.3 Å². The molecule has 0 saturated carbocycles. The van der Waals surface area contributed by atoms with Crippen LogP contribution in [0.2, 0.25) is 0 Å². The SMILES string of the molecule is CNC(=O)[C@@H]1COc2ccccc2O1. The van der Waals surface area contributed by atoms with Crippen molar-refractivity contribution in [1.82, 2.24) is 5.32 Å². The highest BCUT2D eigenvalue weighted by Crippen LogP contribution is 2.30. The summed E-state index contributed by atoms with van der Waals surface area (Å²) in [4.78, 5) is 11.3. The Morgan fingerprint density at radius 1 is 1.43 bits per heavy atom. The number of amides is 1. The standard InChI is InChI=1S/C10H11NO3/c1-11-10(12)9-6-13-7-4-2-3-5-8(7)14-9/h2-5,9H,6H2,1H3,(H,11,12)/t9-/m0/s1. The number of carbonyl (C=O) groups is 1. The number of carbonyl (C=O) groups excluding carboxylic acids is 1. The van der Waals surface area contributed by atoms with E-state index in [-0.39, 0.29) is 12.5 Å². The fourth-order valence-electron chi connectivity index (χ4n) is 1.31. The molecule has 4 nitrogen and oxygen atoms in total. The zero-order valence-corrected chi connectivity index (χ0v) is 7.82. The van der Waals surface area contributed by atoms with Crippen molar-refractivity contribution in [2.45, 2.75) is 6.10 Å². The molecule has 0 unspecified atom stereocenters. The van der Waals surface area contributed by atoms with Gasteiger partial charge in [-0.15, -0.1) is 0 Å². The zero-order chi connectivity index (χ0) is 9.97. The first kappa shape index (κ1) is 8.87. The predicted octanol–water partition coefficient (Wildman–Crippen LogP) is 0.572. The van der Waals surface area contributed by atoms with Crippen LogP contribution in [-0.2, 0) is 4.79 Å². The van der Waals surface area contributed by atoms with Gasteiger partial charge in [-0.1, -0.05) is 12.1 Å². The highest BCUT2D eigenvalue weighted by Gasteiger charge is 2.25. The van der Waals surface area contributed by atoms with Gasteiger partial charge in [0.2, 0.25) is 6.10 Å². The lowest BCUT2D eigenvalue weighted by atomic mass is 10.2. The molecule has 0 saturated heterocycles. The van der Waals surface area contributed by atoms with Crippen LogP contribution < -0.4 is 14.8 Å². The molecule has 0 fully saturated rings. The molecule has 1 heterocycles. The van der Waals surface area contributed by atoms with Gasteiger partial charge in [0.15, 0.2) is 11.5 Å². The van der Waals surface area contributed by atoms with Crippen LogP contribution in [0.4, 0.5) is 0 Å². The third-order valence-corrected chi connectivity index (χ3v) is 2.05. The lowest BCUT2D eigenvalue weighted by Crippen LogP contribution is -2.42. The van der Waals surface area contributed by atoms with Crippen LogP contribution >= 0.6 is 0 Å². The molecular weight excluding hydrogens is 182 g/mol. The quantitative estimate of drug-likeness (QED) is 0.709. The summed E-state index contributed by atoms with van der Waals surface area (Å²) >= 11 is 0. The lowest BCUT2D eigenvalue weighted by Gasteiger charge is -2.24. The summed E-state index contributed by atoms with van der Waals surface area (Å²) in [6.07, 6.45) is -0.546. The first-order valence-corrected chi connectivity index (χ1v) is 4.41. The molecule has 1 amide bonds. The van der Waals surface area contributed by atoms with Crippen molar-refractivity contribution >= 4 is 5.91 Å². The Morgan fingerprint density at radius 2 is 2.14 bits per heavy atom. The second kappa shape index (κ2) is 3.57. The molecule has 1 aliphatic rings. The second-order valence-electron chi connectivity index (χ2n) is 2.98. The third-order valence-electron chi connectivity index (χ3n) is 2.05. The van der Waals surface area contributed by atoms with Gasteiger partial charge in [0.1, 0.15) is 6.61 Å².